The number of allylic oxidation sites excluding steroid dienone is 1. The molecule has 4 aliphatic carbocycles. The first-order valence-electron chi connectivity index (χ1n) is 13.2. The van der Waals surface area contributed by atoms with Gasteiger partial charge in [0.15, 0.2) is 5.78 Å². The molecule has 2 fully saturated rings. The van der Waals surface area contributed by atoms with E-state index in [1.54, 1.807) is 6.92 Å². The quantitative estimate of drug-likeness (QED) is 0.509. The summed E-state index contributed by atoms with van der Waals surface area (Å²) < 4.78 is 0. The van der Waals surface area contributed by atoms with Gasteiger partial charge in [-0.15, -0.1) is 0 Å². The number of carboxylic acid groups (broad SMARTS) is 1. The molecule has 0 radical (unpaired) electrons. The van der Waals surface area contributed by atoms with Crippen LogP contribution >= 0.6 is 0 Å². The first-order valence-corrected chi connectivity index (χ1v) is 13.2. The van der Waals surface area contributed by atoms with Gasteiger partial charge in [-0.25, -0.2) is 0 Å². The van der Waals surface area contributed by atoms with Crippen molar-refractivity contribution >= 4 is 17.5 Å². The number of carboxylic acids is 1. The van der Waals surface area contributed by atoms with Crippen LogP contribution in [0.15, 0.2) is 23.3 Å². The molecule has 0 aromatic rings. The minimum atomic E-state index is -0.834. The highest BCUT2D eigenvalue weighted by atomic mass is 16.4. The monoisotopic (exact) mass is 470 g/mol. The van der Waals surface area contributed by atoms with E-state index in [0.29, 0.717) is 43.9 Å². The summed E-state index contributed by atoms with van der Waals surface area (Å²) >= 11 is 0. The highest BCUT2D eigenvalue weighted by molar-refractivity contribution is 6.00. The number of rotatable bonds is 6. The van der Waals surface area contributed by atoms with Crippen LogP contribution in [0.5, 0.6) is 0 Å². The van der Waals surface area contributed by atoms with Gasteiger partial charge in [-0.2, -0.15) is 0 Å². The summed E-state index contributed by atoms with van der Waals surface area (Å²) in [7, 11) is 0. The molecular formula is C29H42O5. The lowest BCUT2D eigenvalue weighted by Crippen LogP contribution is -2.54. The van der Waals surface area contributed by atoms with Gasteiger partial charge in [-0.05, 0) is 80.1 Å². The van der Waals surface area contributed by atoms with Crippen LogP contribution in [0.4, 0.5) is 0 Å². The molecule has 2 unspecified atom stereocenters. The molecule has 34 heavy (non-hydrogen) atoms. The Morgan fingerprint density at radius 3 is 2.53 bits per heavy atom. The lowest BCUT2D eigenvalue weighted by Gasteiger charge is -2.55. The minimum absolute atomic E-state index is 0.0363. The van der Waals surface area contributed by atoms with E-state index in [1.165, 1.54) is 0 Å². The number of hydrogen-bond donors (Lipinski definition) is 2. The first-order chi connectivity index (χ1) is 15.8. The van der Waals surface area contributed by atoms with Crippen molar-refractivity contribution in [2.45, 2.75) is 92.1 Å². The topological polar surface area (TPSA) is 91.7 Å². The lowest BCUT2D eigenvalue weighted by atomic mass is 9.48. The lowest BCUT2D eigenvalue weighted by molar-refractivity contribution is -0.140. The molecule has 0 aromatic carbocycles. The molecule has 0 bridgehead atoms. The fourth-order valence-electron chi connectivity index (χ4n) is 8.50. The Morgan fingerprint density at radius 2 is 1.88 bits per heavy atom. The Bertz CT molecular complexity index is 946. The maximum Gasteiger partial charge on any atom is 0.310 e. The molecule has 2 saturated carbocycles. The molecule has 4 aliphatic rings. The molecule has 9 atom stereocenters. The number of fused-ring (bicyclic) bond motifs is 4. The summed E-state index contributed by atoms with van der Waals surface area (Å²) in [5, 5.41) is 20.6. The molecule has 0 amide bonds. The van der Waals surface area contributed by atoms with Crippen molar-refractivity contribution < 1.29 is 24.6 Å². The maximum absolute atomic E-state index is 13.8. The van der Waals surface area contributed by atoms with Crippen LogP contribution in [0.1, 0.15) is 86.0 Å². The second kappa shape index (κ2) is 8.72. The van der Waals surface area contributed by atoms with Gasteiger partial charge in [0.2, 0.25) is 0 Å². The van der Waals surface area contributed by atoms with Gasteiger partial charge >= 0.3 is 5.97 Å². The summed E-state index contributed by atoms with van der Waals surface area (Å²) in [5.74, 6) is -0.0967. The molecular weight excluding hydrogens is 428 g/mol. The second-order valence-electron chi connectivity index (χ2n) is 12.4. The van der Waals surface area contributed by atoms with E-state index < -0.39 is 18.0 Å². The SMILES string of the molecule is C=C(CC[C@@H](C)[C@H]1CC[C@H]2C3=C(C(=O)C[C@]12C)[C@@]1(C)CCC(=O)[C@@H](C)C1C[C@H]3O)C(C)C(=O)O. The van der Waals surface area contributed by atoms with Crippen LogP contribution in [-0.4, -0.2) is 33.9 Å². The summed E-state index contributed by atoms with van der Waals surface area (Å²) in [6, 6.07) is 0. The van der Waals surface area contributed by atoms with Gasteiger partial charge in [0.25, 0.3) is 0 Å². The predicted octanol–water partition coefficient (Wildman–Crippen LogP) is 5.37. The van der Waals surface area contributed by atoms with Crippen molar-refractivity contribution in [3.63, 3.8) is 0 Å². The molecule has 5 heteroatoms. The Hall–Kier alpha value is -1.75. The Kier molecular flexibility index (Phi) is 6.50. The standard InChI is InChI=1S/C29H42O5/c1-15(17(3)27(33)34)7-8-16(2)19-9-10-20-25-23(31)13-21-18(4)22(30)11-12-28(21,5)26(25)24(32)14-29(19,20)6/h16-21,23,31H,1,7-14H2,2-6H3,(H,33,34)/t16-,17?,18+,19-,20+,21?,23-,28+,29-/m1/s1. The van der Waals surface area contributed by atoms with Gasteiger partial charge in [-0.3, -0.25) is 14.4 Å². The molecule has 0 saturated heterocycles. The smallest absolute Gasteiger partial charge is 0.310 e. The number of ketones is 2. The highest BCUT2D eigenvalue weighted by Crippen LogP contribution is 2.65. The molecule has 2 N–H and O–H groups in total. The van der Waals surface area contributed by atoms with Gasteiger partial charge < -0.3 is 10.2 Å². The average molecular weight is 471 g/mol. The van der Waals surface area contributed by atoms with Crippen LogP contribution < -0.4 is 0 Å². The number of Topliss-reactive ketones (excluding diaryl/α,β-unsaturated/α-hetero) is 2. The van der Waals surface area contributed by atoms with Crippen LogP contribution in [-0.2, 0) is 14.4 Å². The Labute approximate surface area is 204 Å². The van der Waals surface area contributed by atoms with Gasteiger partial charge in [0, 0.05) is 29.7 Å². The van der Waals surface area contributed by atoms with Crippen LogP contribution in [0.2, 0.25) is 0 Å². The van der Waals surface area contributed by atoms with Crippen molar-refractivity contribution in [2.24, 2.45) is 46.3 Å². The van der Waals surface area contributed by atoms with Gasteiger partial charge in [-0.1, -0.05) is 39.8 Å². The predicted molar refractivity (Wildman–Crippen MR) is 131 cm³/mol. The molecule has 188 valence electrons. The number of carbonyl (C=O) groups is 3. The third-order valence-corrected chi connectivity index (χ3v) is 10.7. The minimum Gasteiger partial charge on any atom is -0.481 e. The fraction of sp³-hybridized carbons (Fsp3) is 0.759. The zero-order chi connectivity index (χ0) is 25.2. The Balaban J connectivity index is 1.61. The molecule has 0 spiro atoms. The maximum atomic E-state index is 13.8. The summed E-state index contributed by atoms with van der Waals surface area (Å²) in [6.45, 7) is 14.3. The van der Waals surface area contributed by atoms with Crippen LogP contribution in [0.25, 0.3) is 0 Å². The number of hydrogen-bond acceptors (Lipinski definition) is 4. The number of aliphatic carboxylic acids is 1. The van der Waals surface area contributed by atoms with E-state index in [1.807, 2.05) is 6.92 Å². The van der Waals surface area contributed by atoms with Crippen molar-refractivity contribution in [2.75, 3.05) is 0 Å². The first kappa shape index (κ1) is 25.3. The van der Waals surface area contributed by atoms with E-state index >= 15 is 0 Å². The van der Waals surface area contributed by atoms with Crippen molar-refractivity contribution in [1.29, 1.82) is 0 Å². The number of carbonyl (C=O) groups excluding carboxylic acids is 2. The van der Waals surface area contributed by atoms with Crippen molar-refractivity contribution in [3.05, 3.63) is 23.3 Å². The molecule has 4 rings (SSSR count). The largest absolute Gasteiger partial charge is 0.481 e. The van der Waals surface area contributed by atoms with Gasteiger partial charge in [0.1, 0.15) is 5.78 Å². The molecule has 0 aliphatic heterocycles. The zero-order valence-electron chi connectivity index (χ0n) is 21.5. The van der Waals surface area contributed by atoms with Crippen molar-refractivity contribution in [1.82, 2.24) is 0 Å². The summed E-state index contributed by atoms with van der Waals surface area (Å²) in [4.78, 5) is 37.6. The van der Waals surface area contributed by atoms with Gasteiger partial charge in [0.05, 0.1) is 12.0 Å². The third kappa shape index (κ3) is 3.73. The van der Waals surface area contributed by atoms with Crippen molar-refractivity contribution in [3.8, 4) is 0 Å². The van der Waals surface area contributed by atoms with E-state index in [0.717, 1.165) is 36.0 Å². The molecule has 5 nitrogen and oxygen atoms in total. The van der Waals surface area contributed by atoms with E-state index in [2.05, 4.69) is 27.4 Å². The normalized spacial score (nSPS) is 41.4. The average Bonchev–Trinajstić information content (AvgIpc) is 3.11. The second-order valence-corrected chi connectivity index (χ2v) is 12.4. The van der Waals surface area contributed by atoms with E-state index in [-0.39, 0.29) is 40.2 Å². The Morgan fingerprint density at radius 1 is 1.21 bits per heavy atom. The fourth-order valence-corrected chi connectivity index (χ4v) is 8.50. The summed E-state index contributed by atoms with van der Waals surface area (Å²) in [6.07, 6.45) is 5.24. The van der Waals surface area contributed by atoms with Crippen LogP contribution in [0.3, 0.4) is 0 Å². The molecule has 0 heterocycles. The van der Waals surface area contributed by atoms with E-state index in [9.17, 15) is 24.6 Å². The number of aliphatic hydroxyl groups is 1. The van der Waals surface area contributed by atoms with E-state index in [4.69, 9.17) is 0 Å². The zero-order valence-corrected chi connectivity index (χ0v) is 21.5. The third-order valence-electron chi connectivity index (χ3n) is 10.7. The van der Waals surface area contributed by atoms with Crippen LogP contribution in [0, 0.1) is 46.3 Å². The summed E-state index contributed by atoms with van der Waals surface area (Å²) in [5.41, 5.74) is 2.13. The number of aliphatic hydroxyl groups excluding tert-OH is 1. The highest BCUT2D eigenvalue weighted by Gasteiger charge is 2.61. The molecule has 0 aromatic heterocycles.